The van der Waals surface area contributed by atoms with Crippen LogP contribution in [0.4, 0.5) is 0 Å². The second kappa shape index (κ2) is 4.97. The first-order valence-electron chi connectivity index (χ1n) is 8.30. The van der Waals surface area contributed by atoms with Crippen molar-refractivity contribution in [1.29, 1.82) is 0 Å². The zero-order valence-electron chi connectivity index (χ0n) is 13.5. The topological polar surface area (TPSA) is 4.93 Å². The molecule has 1 aliphatic rings. The number of benzene rings is 3. The van der Waals surface area contributed by atoms with E-state index in [0.717, 1.165) is 0 Å². The SMILES string of the molecule is Cc1ccc(C2=Cc3ccccc3-n3ccc4cccc2c43)cc1. The number of aromatic nitrogens is 1. The summed E-state index contributed by atoms with van der Waals surface area (Å²) in [6, 6.07) is 26.2. The van der Waals surface area contributed by atoms with Crippen molar-refractivity contribution in [3.63, 3.8) is 0 Å². The predicted octanol–water partition coefficient (Wildman–Crippen LogP) is 5.84. The zero-order valence-corrected chi connectivity index (χ0v) is 13.5. The Morgan fingerprint density at radius 3 is 2.46 bits per heavy atom. The van der Waals surface area contributed by atoms with E-state index < -0.39 is 0 Å². The van der Waals surface area contributed by atoms with E-state index in [0.29, 0.717) is 0 Å². The lowest BCUT2D eigenvalue weighted by atomic mass is 9.94. The molecule has 0 aliphatic carbocycles. The molecule has 0 unspecified atom stereocenters. The minimum absolute atomic E-state index is 1.24. The third-order valence-electron chi connectivity index (χ3n) is 4.86. The molecular weight excluding hydrogens is 290 g/mol. The average molecular weight is 307 g/mol. The largest absolute Gasteiger partial charge is 0.315 e. The van der Waals surface area contributed by atoms with Gasteiger partial charge in [0.25, 0.3) is 0 Å². The molecule has 0 amide bonds. The van der Waals surface area contributed by atoms with Crippen molar-refractivity contribution in [3.05, 3.63) is 101 Å². The molecular formula is C23H17N. The van der Waals surface area contributed by atoms with Crippen LogP contribution in [-0.4, -0.2) is 4.57 Å². The van der Waals surface area contributed by atoms with Crippen molar-refractivity contribution in [1.82, 2.24) is 4.57 Å². The molecule has 0 saturated carbocycles. The summed E-state index contributed by atoms with van der Waals surface area (Å²) in [5.74, 6) is 0. The van der Waals surface area contributed by atoms with Crippen LogP contribution in [0.1, 0.15) is 22.3 Å². The third kappa shape index (κ3) is 1.88. The van der Waals surface area contributed by atoms with Crippen LogP contribution in [0.3, 0.4) is 0 Å². The summed E-state index contributed by atoms with van der Waals surface area (Å²) in [7, 11) is 0. The zero-order chi connectivity index (χ0) is 16.1. The molecule has 0 fully saturated rings. The molecule has 1 heteroatoms. The molecule has 0 saturated heterocycles. The quantitative estimate of drug-likeness (QED) is 0.366. The van der Waals surface area contributed by atoms with Gasteiger partial charge in [0.15, 0.2) is 0 Å². The van der Waals surface area contributed by atoms with Crippen LogP contribution in [0.15, 0.2) is 79.0 Å². The Morgan fingerprint density at radius 1 is 0.750 bits per heavy atom. The lowest BCUT2D eigenvalue weighted by Gasteiger charge is -2.10. The first kappa shape index (κ1) is 13.4. The minimum Gasteiger partial charge on any atom is -0.315 e. The molecule has 0 spiro atoms. The first-order chi connectivity index (χ1) is 11.8. The fraction of sp³-hybridized carbons (Fsp3) is 0.0435. The summed E-state index contributed by atoms with van der Waals surface area (Å²) in [6.45, 7) is 2.13. The van der Waals surface area contributed by atoms with Crippen LogP contribution in [0, 0.1) is 6.92 Å². The van der Waals surface area contributed by atoms with Gasteiger partial charge in [-0.1, -0.05) is 66.2 Å². The lowest BCUT2D eigenvalue weighted by molar-refractivity contribution is 1.12. The van der Waals surface area contributed by atoms with Crippen molar-refractivity contribution in [2.45, 2.75) is 6.92 Å². The highest BCUT2D eigenvalue weighted by Crippen LogP contribution is 2.37. The van der Waals surface area contributed by atoms with Crippen LogP contribution >= 0.6 is 0 Å². The van der Waals surface area contributed by atoms with E-state index in [-0.39, 0.29) is 0 Å². The van der Waals surface area contributed by atoms with E-state index in [1.165, 1.54) is 44.4 Å². The Morgan fingerprint density at radius 2 is 1.58 bits per heavy atom. The standard InChI is InChI=1S/C23H17N/c1-16-9-11-17(12-10-16)21-15-19-5-2-3-8-22(19)24-14-13-18-6-4-7-20(21)23(18)24/h2-15H,1H3. The van der Waals surface area contributed by atoms with Gasteiger partial charge < -0.3 is 4.57 Å². The second-order valence-electron chi connectivity index (χ2n) is 6.41. The van der Waals surface area contributed by atoms with Crippen LogP contribution in [0.2, 0.25) is 0 Å². The van der Waals surface area contributed by atoms with Crippen molar-refractivity contribution >= 4 is 22.6 Å². The van der Waals surface area contributed by atoms with Gasteiger partial charge in [-0.3, -0.25) is 0 Å². The predicted molar refractivity (Wildman–Crippen MR) is 101 cm³/mol. The van der Waals surface area contributed by atoms with E-state index in [2.05, 4.69) is 96.6 Å². The van der Waals surface area contributed by atoms with Gasteiger partial charge >= 0.3 is 0 Å². The van der Waals surface area contributed by atoms with Gasteiger partial charge in [-0.2, -0.15) is 0 Å². The Hall–Kier alpha value is -3.06. The molecule has 4 aromatic rings. The number of hydrogen-bond acceptors (Lipinski definition) is 0. The number of hydrogen-bond donors (Lipinski definition) is 0. The van der Waals surface area contributed by atoms with Gasteiger partial charge in [0.2, 0.25) is 0 Å². The molecule has 3 aromatic carbocycles. The van der Waals surface area contributed by atoms with Crippen LogP contribution in [0.5, 0.6) is 0 Å². The molecule has 0 atom stereocenters. The van der Waals surface area contributed by atoms with E-state index in [9.17, 15) is 0 Å². The average Bonchev–Trinajstić information content (AvgIpc) is 2.99. The van der Waals surface area contributed by atoms with Crippen LogP contribution < -0.4 is 0 Å². The molecule has 24 heavy (non-hydrogen) atoms. The summed E-state index contributed by atoms with van der Waals surface area (Å²) < 4.78 is 2.32. The molecule has 5 rings (SSSR count). The fourth-order valence-electron chi connectivity index (χ4n) is 3.65. The van der Waals surface area contributed by atoms with E-state index in [1.807, 2.05) is 0 Å². The maximum Gasteiger partial charge on any atom is 0.0607 e. The van der Waals surface area contributed by atoms with Crippen molar-refractivity contribution in [2.75, 3.05) is 0 Å². The van der Waals surface area contributed by atoms with Crippen LogP contribution in [-0.2, 0) is 0 Å². The van der Waals surface area contributed by atoms with Crippen LogP contribution in [0.25, 0.3) is 28.2 Å². The van der Waals surface area contributed by atoms with Crippen molar-refractivity contribution in [2.24, 2.45) is 0 Å². The fourth-order valence-corrected chi connectivity index (χ4v) is 3.65. The highest BCUT2D eigenvalue weighted by Gasteiger charge is 2.18. The molecule has 0 bridgehead atoms. The number of para-hydroxylation sites is 2. The summed E-state index contributed by atoms with van der Waals surface area (Å²) in [5, 5.41) is 1.28. The lowest BCUT2D eigenvalue weighted by Crippen LogP contribution is -1.94. The summed E-state index contributed by atoms with van der Waals surface area (Å²) >= 11 is 0. The molecule has 0 N–H and O–H groups in total. The van der Waals surface area contributed by atoms with Gasteiger partial charge in [0.1, 0.15) is 0 Å². The van der Waals surface area contributed by atoms with Crippen molar-refractivity contribution < 1.29 is 0 Å². The van der Waals surface area contributed by atoms with Gasteiger partial charge in [0.05, 0.1) is 11.2 Å². The number of nitrogens with zero attached hydrogens (tertiary/aromatic N) is 1. The minimum atomic E-state index is 1.24. The van der Waals surface area contributed by atoms with Gasteiger partial charge in [-0.25, -0.2) is 0 Å². The Bertz CT molecular complexity index is 1090. The van der Waals surface area contributed by atoms with Gasteiger partial charge in [0, 0.05) is 17.1 Å². The van der Waals surface area contributed by atoms with Crippen molar-refractivity contribution in [3.8, 4) is 5.69 Å². The Kier molecular flexibility index (Phi) is 2.77. The third-order valence-corrected chi connectivity index (χ3v) is 4.86. The maximum atomic E-state index is 2.32. The molecule has 1 aromatic heterocycles. The molecule has 0 radical (unpaired) electrons. The number of aryl methyl sites for hydroxylation is 1. The van der Waals surface area contributed by atoms with E-state index in [1.54, 1.807) is 0 Å². The molecule has 1 nitrogen and oxygen atoms in total. The maximum absolute atomic E-state index is 2.32. The normalized spacial score (nSPS) is 12.6. The summed E-state index contributed by atoms with van der Waals surface area (Å²) in [4.78, 5) is 0. The van der Waals surface area contributed by atoms with Gasteiger partial charge in [-0.05, 0) is 41.8 Å². The number of rotatable bonds is 1. The molecule has 2 heterocycles. The number of fused-ring (bicyclic) bond motifs is 2. The highest BCUT2D eigenvalue weighted by molar-refractivity contribution is 6.04. The molecule has 114 valence electrons. The second-order valence-corrected chi connectivity index (χ2v) is 6.41. The molecule has 1 aliphatic heterocycles. The highest BCUT2D eigenvalue weighted by atomic mass is 15.0. The van der Waals surface area contributed by atoms with Gasteiger partial charge in [-0.15, -0.1) is 0 Å². The first-order valence-corrected chi connectivity index (χ1v) is 8.30. The monoisotopic (exact) mass is 307 g/mol. The smallest absolute Gasteiger partial charge is 0.0607 e. The van der Waals surface area contributed by atoms with E-state index >= 15 is 0 Å². The summed E-state index contributed by atoms with van der Waals surface area (Å²) in [5.41, 5.74) is 8.90. The van der Waals surface area contributed by atoms with E-state index in [4.69, 9.17) is 0 Å². The Balaban J connectivity index is 1.91. The summed E-state index contributed by atoms with van der Waals surface area (Å²) in [6.07, 6.45) is 4.50. The Labute approximate surface area is 141 Å².